The minimum Gasteiger partial charge on any atom is -0.465 e. The molecule has 1 spiro atoms. The molecule has 3 aliphatic rings. The number of rotatable bonds is 13. The maximum atomic E-state index is 14.6. The number of unbranched alkanes of at least 4 members (excludes halogenated alkanes) is 2. The van der Waals surface area contributed by atoms with Gasteiger partial charge in [0.05, 0.1) is 30.8 Å². The summed E-state index contributed by atoms with van der Waals surface area (Å²) >= 11 is 6.11. The Bertz CT molecular complexity index is 1140. The maximum Gasteiger partial charge on any atom is 0.312 e. The fourth-order valence-corrected chi connectivity index (χ4v) is 7.12. The second kappa shape index (κ2) is 12.0. The monoisotopic (exact) mass is 572 g/mol. The zero-order valence-corrected chi connectivity index (χ0v) is 24.4. The van der Waals surface area contributed by atoms with E-state index in [0.717, 1.165) is 12.8 Å². The summed E-state index contributed by atoms with van der Waals surface area (Å²) in [5, 5.41) is 10.8. The first-order valence-electron chi connectivity index (χ1n) is 14.2. The van der Waals surface area contributed by atoms with Crippen molar-refractivity contribution >= 4 is 35.1 Å². The van der Waals surface area contributed by atoms with Crippen molar-refractivity contribution in [2.24, 2.45) is 17.8 Å². The van der Waals surface area contributed by atoms with E-state index in [9.17, 15) is 19.5 Å². The van der Waals surface area contributed by atoms with Gasteiger partial charge in [-0.05, 0) is 69.2 Å². The van der Waals surface area contributed by atoms with Gasteiger partial charge in [-0.15, -0.1) is 13.2 Å². The molecular weight excluding hydrogens is 532 g/mol. The molecule has 0 radical (unpaired) electrons. The van der Waals surface area contributed by atoms with Gasteiger partial charge in [-0.25, -0.2) is 0 Å². The van der Waals surface area contributed by atoms with E-state index in [2.05, 4.69) is 13.2 Å². The van der Waals surface area contributed by atoms with E-state index in [-0.39, 0.29) is 37.5 Å². The van der Waals surface area contributed by atoms with Gasteiger partial charge in [0.25, 0.3) is 5.91 Å². The van der Waals surface area contributed by atoms with Crippen molar-refractivity contribution in [2.75, 3.05) is 24.7 Å². The van der Waals surface area contributed by atoms with Crippen LogP contribution in [0.4, 0.5) is 5.69 Å². The topological polar surface area (TPSA) is 96.4 Å². The van der Waals surface area contributed by atoms with Gasteiger partial charge in [-0.2, -0.15) is 0 Å². The minimum absolute atomic E-state index is 0.109. The number of halogens is 1. The first kappa shape index (κ1) is 30.3. The molecule has 40 heavy (non-hydrogen) atoms. The number of fused-ring (bicyclic) bond motifs is 1. The van der Waals surface area contributed by atoms with E-state index in [1.165, 1.54) is 4.90 Å². The standard InChI is InChI=1S/C31H41ClN2O6/c1-6-9-10-11-17-39-29(38)25-24-27(36)34(22(8-3)19-35)26(31(24)18-20(4)30(25,5)40-31)28(37)33(16-7-2)23-14-12-21(32)13-15-23/h6-7,12-15,20,22,24-26,35H,1-2,8-11,16-19H2,3-5H3/t20?,22-,24-,25-,26?,30+,31?/m0/s1. The number of esters is 1. The van der Waals surface area contributed by atoms with Crippen LogP contribution in [-0.4, -0.2) is 70.8 Å². The molecule has 4 rings (SSSR count). The smallest absolute Gasteiger partial charge is 0.312 e. The molecular formula is C31H41ClN2O6. The predicted molar refractivity (Wildman–Crippen MR) is 154 cm³/mol. The molecule has 7 atom stereocenters. The Morgan fingerprint density at radius 2 is 1.98 bits per heavy atom. The highest BCUT2D eigenvalue weighted by Gasteiger charge is 2.80. The first-order valence-corrected chi connectivity index (χ1v) is 14.6. The van der Waals surface area contributed by atoms with Gasteiger partial charge in [-0.1, -0.05) is 37.6 Å². The number of amides is 2. The molecule has 3 saturated heterocycles. The van der Waals surface area contributed by atoms with E-state index < -0.39 is 41.1 Å². The molecule has 3 heterocycles. The molecule has 218 valence electrons. The van der Waals surface area contributed by atoms with Crippen LogP contribution in [0.25, 0.3) is 0 Å². The molecule has 1 N–H and O–H groups in total. The molecule has 3 unspecified atom stereocenters. The SMILES string of the molecule is C=CCCCCOC(=O)[C@@H]1[C@H]2C(=O)N([C@@H](CC)CO)C(C(=O)N(CC=C)c3ccc(Cl)cc3)C23CC(C)[C@@]1(C)O3. The van der Waals surface area contributed by atoms with Gasteiger partial charge in [0.2, 0.25) is 5.91 Å². The molecule has 2 bridgehead atoms. The Balaban J connectivity index is 1.76. The highest BCUT2D eigenvalue weighted by atomic mass is 35.5. The molecule has 8 nitrogen and oxygen atoms in total. The van der Waals surface area contributed by atoms with Crippen LogP contribution in [0.1, 0.15) is 52.9 Å². The number of allylic oxidation sites excluding steroid dienone is 1. The number of ether oxygens (including phenoxy) is 2. The van der Waals surface area contributed by atoms with Crippen LogP contribution in [-0.2, 0) is 23.9 Å². The minimum atomic E-state index is -1.23. The molecule has 0 aromatic heterocycles. The van der Waals surface area contributed by atoms with Gasteiger partial charge < -0.3 is 24.4 Å². The molecule has 0 aliphatic carbocycles. The van der Waals surface area contributed by atoms with Crippen LogP contribution in [0.2, 0.25) is 5.02 Å². The number of hydrogen-bond donors (Lipinski definition) is 1. The van der Waals surface area contributed by atoms with E-state index >= 15 is 0 Å². The summed E-state index contributed by atoms with van der Waals surface area (Å²) < 4.78 is 12.5. The Morgan fingerprint density at radius 3 is 2.58 bits per heavy atom. The van der Waals surface area contributed by atoms with Crippen LogP contribution in [0, 0.1) is 17.8 Å². The Morgan fingerprint density at radius 1 is 1.27 bits per heavy atom. The van der Waals surface area contributed by atoms with Gasteiger partial charge in [0, 0.05) is 17.3 Å². The Kier molecular flexibility index (Phi) is 9.12. The average molecular weight is 573 g/mol. The van der Waals surface area contributed by atoms with Crippen molar-refractivity contribution in [3.8, 4) is 0 Å². The molecule has 0 saturated carbocycles. The van der Waals surface area contributed by atoms with Gasteiger partial charge in [-0.3, -0.25) is 14.4 Å². The third kappa shape index (κ3) is 4.88. The Hall–Kier alpha value is -2.68. The second-order valence-corrected chi connectivity index (χ2v) is 11.8. The van der Waals surface area contributed by atoms with Crippen molar-refractivity contribution in [3.05, 3.63) is 54.6 Å². The molecule has 9 heteroatoms. The van der Waals surface area contributed by atoms with Crippen LogP contribution >= 0.6 is 11.6 Å². The summed E-state index contributed by atoms with van der Waals surface area (Å²) in [5.41, 5.74) is -1.60. The van der Waals surface area contributed by atoms with Crippen molar-refractivity contribution in [1.29, 1.82) is 0 Å². The predicted octanol–water partition coefficient (Wildman–Crippen LogP) is 4.54. The zero-order chi connectivity index (χ0) is 29.2. The van der Waals surface area contributed by atoms with Crippen LogP contribution < -0.4 is 4.90 Å². The van der Waals surface area contributed by atoms with Crippen LogP contribution in [0.15, 0.2) is 49.6 Å². The second-order valence-electron chi connectivity index (χ2n) is 11.4. The van der Waals surface area contributed by atoms with Crippen molar-refractivity contribution in [2.45, 2.75) is 76.2 Å². The van der Waals surface area contributed by atoms with Gasteiger partial charge in [0.1, 0.15) is 17.6 Å². The maximum absolute atomic E-state index is 14.6. The van der Waals surface area contributed by atoms with Gasteiger partial charge in [0.15, 0.2) is 0 Å². The zero-order valence-electron chi connectivity index (χ0n) is 23.7. The van der Waals surface area contributed by atoms with Crippen molar-refractivity contribution in [3.63, 3.8) is 0 Å². The van der Waals surface area contributed by atoms with E-state index in [1.807, 2.05) is 26.8 Å². The average Bonchev–Trinajstić information content (AvgIpc) is 3.45. The fraction of sp³-hybridized carbons (Fsp3) is 0.581. The summed E-state index contributed by atoms with van der Waals surface area (Å²) in [4.78, 5) is 45.5. The van der Waals surface area contributed by atoms with E-state index in [0.29, 0.717) is 30.0 Å². The number of anilines is 1. The summed E-state index contributed by atoms with van der Waals surface area (Å²) in [5.74, 6) is -3.03. The summed E-state index contributed by atoms with van der Waals surface area (Å²) in [6.45, 7) is 13.4. The highest BCUT2D eigenvalue weighted by Crippen LogP contribution is 2.65. The third-order valence-electron chi connectivity index (χ3n) is 9.08. The van der Waals surface area contributed by atoms with E-state index in [1.54, 1.807) is 35.2 Å². The number of hydrogen-bond acceptors (Lipinski definition) is 6. The number of benzene rings is 1. The van der Waals surface area contributed by atoms with Crippen LogP contribution in [0.5, 0.6) is 0 Å². The quantitative estimate of drug-likeness (QED) is 0.212. The first-order chi connectivity index (χ1) is 19.1. The number of carbonyl (C=O) groups is 3. The number of aliphatic hydroxyl groups is 1. The summed E-state index contributed by atoms with van der Waals surface area (Å²) in [7, 11) is 0. The molecule has 3 fully saturated rings. The molecule has 1 aromatic rings. The fourth-order valence-electron chi connectivity index (χ4n) is 7.00. The summed E-state index contributed by atoms with van der Waals surface area (Å²) in [6.07, 6.45) is 6.68. The normalized spacial score (nSPS) is 31.1. The largest absolute Gasteiger partial charge is 0.465 e. The number of likely N-dealkylation sites (tertiary alicyclic amines) is 1. The highest BCUT2D eigenvalue weighted by molar-refractivity contribution is 6.30. The number of carbonyl (C=O) groups excluding carboxylic acids is 3. The Labute approximate surface area is 241 Å². The third-order valence-corrected chi connectivity index (χ3v) is 9.33. The van der Waals surface area contributed by atoms with Crippen molar-refractivity contribution < 1.29 is 29.0 Å². The van der Waals surface area contributed by atoms with Crippen molar-refractivity contribution in [1.82, 2.24) is 4.90 Å². The molecule has 3 aliphatic heterocycles. The lowest BCUT2D eigenvalue weighted by atomic mass is 9.62. The lowest BCUT2D eigenvalue weighted by Gasteiger charge is -2.39. The molecule has 1 aromatic carbocycles. The number of nitrogens with zero attached hydrogens (tertiary/aromatic N) is 2. The summed E-state index contributed by atoms with van der Waals surface area (Å²) in [6, 6.07) is 5.23. The van der Waals surface area contributed by atoms with Crippen LogP contribution in [0.3, 0.4) is 0 Å². The van der Waals surface area contributed by atoms with E-state index in [4.69, 9.17) is 21.1 Å². The lowest BCUT2D eigenvalue weighted by Crippen LogP contribution is -2.59. The van der Waals surface area contributed by atoms with Gasteiger partial charge >= 0.3 is 5.97 Å². The lowest BCUT2D eigenvalue weighted by molar-refractivity contribution is -0.162. The number of aliphatic hydroxyl groups excluding tert-OH is 1. The molecule has 2 amide bonds.